The third-order valence-electron chi connectivity index (χ3n) is 2.48. The van der Waals surface area contributed by atoms with Crippen molar-refractivity contribution in [1.82, 2.24) is 0 Å². The number of nitrogens with two attached hydrogens (primary N) is 1. The summed E-state index contributed by atoms with van der Waals surface area (Å²) in [7, 11) is 0. The van der Waals surface area contributed by atoms with Crippen LogP contribution in [0.2, 0.25) is 0 Å². The molecule has 1 aromatic rings. The zero-order chi connectivity index (χ0) is 12.7. The second-order valence-electron chi connectivity index (χ2n) is 4.01. The van der Waals surface area contributed by atoms with Crippen LogP contribution in [0.1, 0.15) is 26.7 Å². The van der Waals surface area contributed by atoms with Crippen LogP contribution in [0.5, 0.6) is 5.75 Å². The van der Waals surface area contributed by atoms with E-state index in [1.165, 1.54) is 0 Å². The Hall–Kier alpha value is -1.42. The fraction of sp³-hybridized carbons (Fsp3) is 0.538. The highest BCUT2D eigenvalue weighted by molar-refractivity contribution is 5.61. The molecule has 17 heavy (non-hydrogen) atoms. The Labute approximate surface area is 103 Å². The first-order valence-corrected chi connectivity index (χ1v) is 6.11. The Morgan fingerprint density at radius 3 is 2.82 bits per heavy atom. The number of benzene rings is 1. The molecule has 0 saturated carbocycles. The van der Waals surface area contributed by atoms with E-state index >= 15 is 0 Å². The maximum Gasteiger partial charge on any atom is 0.144 e. The first-order valence-electron chi connectivity index (χ1n) is 6.11. The Balaban J connectivity index is 2.56. The quantitative estimate of drug-likeness (QED) is 0.637. The molecule has 4 nitrogen and oxygen atoms in total. The molecule has 0 bridgehead atoms. The van der Waals surface area contributed by atoms with Crippen LogP contribution >= 0.6 is 0 Å². The van der Waals surface area contributed by atoms with Gasteiger partial charge in [0, 0.05) is 18.3 Å². The van der Waals surface area contributed by atoms with Gasteiger partial charge in [-0.1, -0.05) is 13.3 Å². The van der Waals surface area contributed by atoms with E-state index in [4.69, 9.17) is 10.5 Å². The highest BCUT2D eigenvalue weighted by Gasteiger charge is 2.04. The number of aliphatic hydroxyl groups excluding tert-OH is 1. The summed E-state index contributed by atoms with van der Waals surface area (Å²) in [6, 6.07) is 5.55. The smallest absolute Gasteiger partial charge is 0.144 e. The van der Waals surface area contributed by atoms with Gasteiger partial charge in [-0.2, -0.15) is 0 Å². The molecule has 0 fully saturated rings. The van der Waals surface area contributed by atoms with E-state index in [1.54, 1.807) is 6.07 Å². The van der Waals surface area contributed by atoms with Gasteiger partial charge in [-0.25, -0.2) is 0 Å². The summed E-state index contributed by atoms with van der Waals surface area (Å²) in [5, 5.41) is 12.8. The minimum Gasteiger partial charge on any atom is -0.492 e. The monoisotopic (exact) mass is 238 g/mol. The number of nitrogen functional groups attached to an aromatic ring is 1. The highest BCUT2D eigenvalue weighted by Crippen LogP contribution is 2.25. The predicted octanol–water partition coefficient (Wildman–Crippen LogP) is 2.24. The first-order chi connectivity index (χ1) is 8.17. The predicted molar refractivity (Wildman–Crippen MR) is 71.4 cm³/mol. The Morgan fingerprint density at radius 1 is 1.41 bits per heavy atom. The van der Waals surface area contributed by atoms with E-state index in [2.05, 4.69) is 12.2 Å². The van der Waals surface area contributed by atoms with Gasteiger partial charge in [-0.15, -0.1) is 0 Å². The van der Waals surface area contributed by atoms with Crippen LogP contribution in [0, 0.1) is 0 Å². The molecule has 96 valence electrons. The molecular weight excluding hydrogens is 216 g/mol. The first kappa shape index (κ1) is 13.6. The molecule has 0 aliphatic rings. The zero-order valence-electron chi connectivity index (χ0n) is 10.6. The van der Waals surface area contributed by atoms with Gasteiger partial charge < -0.3 is 20.9 Å². The molecule has 1 rings (SSSR count). The maximum absolute atomic E-state index is 9.62. The Bertz CT molecular complexity index is 342. The summed E-state index contributed by atoms with van der Waals surface area (Å²) >= 11 is 0. The lowest BCUT2D eigenvalue weighted by atomic mass is 10.2. The van der Waals surface area contributed by atoms with E-state index in [0.717, 1.165) is 18.5 Å². The lowest BCUT2D eigenvalue weighted by molar-refractivity contribution is 0.176. The lowest BCUT2D eigenvalue weighted by Crippen LogP contribution is -2.19. The average Bonchev–Trinajstić information content (AvgIpc) is 2.31. The third kappa shape index (κ3) is 4.53. The number of anilines is 2. The van der Waals surface area contributed by atoms with Gasteiger partial charge in [-0.05, 0) is 25.5 Å². The molecule has 1 atom stereocenters. The van der Waals surface area contributed by atoms with Gasteiger partial charge >= 0.3 is 0 Å². The largest absolute Gasteiger partial charge is 0.492 e. The van der Waals surface area contributed by atoms with Crippen LogP contribution in [0.25, 0.3) is 0 Å². The van der Waals surface area contributed by atoms with Crippen molar-refractivity contribution in [3.8, 4) is 5.75 Å². The highest BCUT2D eigenvalue weighted by atomic mass is 16.5. The Kier molecular flexibility index (Phi) is 5.63. The molecule has 4 heteroatoms. The summed E-state index contributed by atoms with van der Waals surface area (Å²) in [6.07, 6.45) is 1.47. The molecule has 0 aromatic heterocycles. The van der Waals surface area contributed by atoms with Crippen LogP contribution in [-0.4, -0.2) is 24.4 Å². The number of nitrogens with one attached hydrogen (secondary N) is 1. The molecule has 0 radical (unpaired) electrons. The maximum atomic E-state index is 9.62. The third-order valence-corrected chi connectivity index (χ3v) is 2.48. The summed E-state index contributed by atoms with van der Waals surface area (Å²) < 4.78 is 5.40. The van der Waals surface area contributed by atoms with Crippen LogP contribution in [0.4, 0.5) is 11.4 Å². The summed E-state index contributed by atoms with van der Waals surface area (Å²) in [6.45, 7) is 5.11. The fourth-order valence-corrected chi connectivity index (χ4v) is 1.60. The van der Waals surface area contributed by atoms with Crippen LogP contribution in [-0.2, 0) is 0 Å². The summed E-state index contributed by atoms with van der Waals surface area (Å²) in [5.74, 6) is 0.683. The van der Waals surface area contributed by atoms with Gasteiger partial charge in [0.1, 0.15) is 5.75 Å². The second-order valence-corrected chi connectivity index (χ2v) is 4.01. The molecule has 1 aromatic carbocycles. The average molecular weight is 238 g/mol. The Morgan fingerprint density at radius 2 is 2.18 bits per heavy atom. The zero-order valence-corrected chi connectivity index (χ0v) is 10.6. The number of aliphatic hydroxyl groups is 1. The van der Waals surface area contributed by atoms with Gasteiger partial charge in [0.05, 0.1) is 18.4 Å². The van der Waals surface area contributed by atoms with Gasteiger partial charge in [0.15, 0.2) is 0 Å². The van der Waals surface area contributed by atoms with Crippen molar-refractivity contribution >= 4 is 11.4 Å². The number of rotatable bonds is 7. The van der Waals surface area contributed by atoms with Gasteiger partial charge in [0.2, 0.25) is 0 Å². The van der Waals surface area contributed by atoms with Crippen molar-refractivity contribution in [3.05, 3.63) is 18.2 Å². The van der Waals surface area contributed by atoms with Crippen molar-refractivity contribution in [2.75, 3.05) is 24.2 Å². The SMILES string of the molecule is CCCC(O)CNc1ccc(N)c(OCC)c1. The topological polar surface area (TPSA) is 67.5 Å². The molecule has 0 aliphatic heterocycles. The van der Waals surface area contributed by atoms with E-state index in [-0.39, 0.29) is 6.10 Å². The van der Waals surface area contributed by atoms with E-state index < -0.39 is 0 Å². The summed E-state index contributed by atoms with van der Waals surface area (Å²) in [4.78, 5) is 0. The number of hydrogen-bond donors (Lipinski definition) is 3. The molecule has 0 heterocycles. The lowest BCUT2D eigenvalue weighted by Gasteiger charge is -2.13. The van der Waals surface area contributed by atoms with Crippen molar-refractivity contribution in [1.29, 1.82) is 0 Å². The molecule has 0 spiro atoms. The molecular formula is C13H22N2O2. The van der Waals surface area contributed by atoms with E-state index in [0.29, 0.717) is 24.6 Å². The van der Waals surface area contributed by atoms with Gasteiger partial charge in [-0.3, -0.25) is 0 Å². The number of ether oxygens (including phenoxy) is 1. The fourth-order valence-electron chi connectivity index (χ4n) is 1.60. The van der Waals surface area contributed by atoms with Crippen LogP contribution in [0.15, 0.2) is 18.2 Å². The van der Waals surface area contributed by atoms with Crippen LogP contribution in [0.3, 0.4) is 0 Å². The van der Waals surface area contributed by atoms with Gasteiger partial charge in [0.25, 0.3) is 0 Å². The normalized spacial score (nSPS) is 12.2. The molecule has 0 aliphatic carbocycles. The van der Waals surface area contributed by atoms with E-state index in [1.807, 2.05) is 19.1 Å². The molecule has 0 amide bonds. The molecule has 0 saturated heterocycles. The standard InChI is InChI=1S/C13H22N2O2/c1-3-5-11(16)9-15-10-6-7-12(14)13(8-10)17-4-2/h6-8,11,15-16H,3-5,9,14H2,1-2H3. The number of hydrogen-bond acceptors (Lipinski definition) is 4. The van der Waals surface area contributed by atoms with Crippen molar-refractivity contribution in [3.63, 3.8) is 0 Å². The molecule has 4 N–H and O–H groups in total. The minimum atomic E-state index is -0.312. The minimum absolute atomic E-state index is 0.312. The van der Waals surface area contributed by atoms with Crippen molar-refractivity contribution in [2.24, 2.45) is 0 Å². The molecule has 1 unspecified atom stereocenters. The van der Waals surface area contributed by atoms with Crippen molar-refractivity contribution in [2.45, 2.75) is 32.8 Å². The summed E-state index contributed by atoms with van der Waals surface area (Å²) in [5.41, 5.74) is 7.32. The second kappa shape index (κ2) is 7.01. The van der Waals surface area contributed by atoms with E-state index in [9.17, 15) is 5.11 Å². The van der Waals surface area contributed by atoms with Crippen molar-refractivity contribution < 1.29 is 9.84 Å². The van der Waals surface area contributed by atoms with Crippen LogP contribution < -0.4 is 15.8 Å².